The number of unbranched alkanes of at least 4 members (excludes halogenated alkanes) is 1. The van der Waals surface area contributed by atoms with Gasteiger partial charge in [-0.2, -0.15) is 0 Å². The minimum Gasteiger partial charge on any atom is -0.481 e. The monoisotopic (exact) mass is 315 g/mol. The first kappa shape index (κ1) is 15.0. The van der Waals surface area contributed by atoms with Gasteiger partial charge in [0, 0.05) is 6.54 Å². The number of esters is 1. The summed E-state index contributed by atoms with van der Waals surface area (Å²) in [5.74, 6) is 0.262. The molecule has 0 aliphatic heterocycles. The Labute approximate surface area is 116 Å². The number of hydrogen-bond acceptors (Lipinski definition) is 4. The van der Waals surface area contributed by atoms with Crippen LogP contribution in [0.2, 0.25) is 0 Å². The second-order valence-corrected chi connectivity index (χ2v) is 4.69. The number of carbonyl (C=O) groups is 1. The number of hydrogen-bond donors (Lipinski definition) is 1. The molecule has 0 bridgehead atoms. The Balaban J connectivity index is 2.41. The van der Waals surface area contributed by atoms with E-state index in [0.717, 1.165) is 22.9 Å². The van der Waals surface area contributed by atoms with Gasteiger partial charge < -0.3 is 15.2 Å². The molecule has 0 fully saturated rings. The number of benzene rings is 1. The van der Waals surface area contributed by atoms with Gasteiger partial charge in [-0.15, -0.1) is 0 Å². The highest BCUT2D eigenvalue weighted by atomic mass is 79.9. The van der Waals surface area contributed by atoms with Gasteiger partial charge in [-0.25, -0.2) is 4.79 Å². The maximum absolute atomic E-state index is 11.3. The molecule has 0 radical (unpaired) electrons. The molecule has 1 aromatic rings. The number of nitrogens with two attached hydrogens (primary N) is 1. The van der Waals surface area contributed by atoms with E-state index in [2.05, 4.69) is 15.9 Å². The molecule has 0 amide bonds. The number of rotatable bonds is 7. The van der Waals surface area contributed by atoms with Crippen LogP contribution < -0.4 is 10.5 Å². The summed E-state index contributed by atoms with van der Waals surface area (Å²) in [6, 6.07) is 5.52. The summed E-state index contributed by atoms with van der Waals surface area (Å²) in [6.07, 6.45) is 1.88. The highest BCUT2D eigenvalue weighted by molar-refractivity contribution is 9.10. The molecule has 0 saturated heterocycles. The first-order chi connectivity index (χ1) is 8.67. The average molecular weight is 316 g/mol. The Kier molecular flexibility index (Phi) is 6.75. The summed E-state index contributed by atoms with van der Waals surface area (Å²) in [4.78, 5) is 11.3. The second-order valence-electron chi connectivity index (χ2n) is 3.83. The Hall–Kier alpha value is -1.07. The molecule has 100 valence electrons. The van der Waals surface area contributed by atoms with Crippen molar-refractivity contribution in [1.82, 2.24) is 0 Å². The van der Waals surface area contributed by atoms with E-state index in [0.29, 0.717) is 18.9 Å². The fourth-order valence-electron chi connectivity index (χ4n) is 1.30. The average Bonchev–Trinajstić information content (AvgIpc) is 2.37. The lowest BCUT2D eigenvalue weighted by Gasteiger charge is -2.09. The minimum atomic E-state index is -0.349. The van der Waals surface area contributed by atoms with Crippen LogP contribution in [-0.4, -0.2) is 19.2 Å². The van der Waals surface area contributed by atoms with E-state index in [4.69, 9.17) is 15.2 Å². The minimum absolute atomic E-state index is 0.0791. The number of halogens is 1. The van der Waals surface area contributed by atoms with Gasteiger partial charge in [0.2, 0.25) is 0 Å². The maximum atomic E-state index is 11.3. The van der Waals surface area contributed by atoms with Crippen molar-refractivity contribution in [3.63, 3.8) is 0 Å². The zero-order valence-electron chi connectivity index (χ0n) is 10.4. The Bertz CT molecular complexity index is 396. The topological polar surface area (TPSA) is 61.5 Å². The Morgan fingerprint density at radius 2 is 2.22 bits per heavy atom. The van der Waals surface area contributed by atoms with E-state index in [1.165, 1.54) is 0 Å². The van der Waals surface area contributed by atoms with Gasteiger partial charge in [0.25, 0.3) is 0 Å². The third-order valence-corrected chi connectivity index (χ3v) is 2.96. The largest absolute Gasteiger partial charge is 0.481 e. The van der Waals surface area contributed by atoms with Gasteiger partial charge in [0.1, 0.15) is 5.75 Å². The molecule has 2 N–H and O–H groups in total. The molecule has 5 heteroatoms. The van der Waals surface area contributed by atoms with Crippen molar-refractivity contribution in [3.05, 3.63) is 28.2 Å². The zero-order chi connectivity index (χ0) is 13.4. The van der Waals surface area contributed by atoms with Crippen LogP contribution in [-0.2, 0) is 16.1 Å². The molecule has 1 rings (SSSR count). The lowest BCUT2D eigenvalue weighted by Crippen LogP contribution is -2.15. The molecule has 1 aromatic carbocycles. The molecule has 4 nitrogen and oxygen atoms in total. The van der Waals surface area contributed by atoms with Gasteiger partial charge in [-0.1, -0.05) is 19.4 Å². The molecule has 0 heterocycles. The normalized spacial score (nSPS) is 10.2. The van der Waals surface area contributed by atoms with Crippen LogP contribution in [0.5, 0.6) is 5.75 Å². The second kappa shape index (κ2) is 8.11. The van der Waals surface area contributed by atoms with Crippen LogP contribution in [0.4, 0.5) is 0 Å². The van der Waals surface area contributed by atoms with Crippen molar-refractivity contribution in [2.24, 2.45) is 5.73 Å². The molecular weight excluding hydrogens is 298 g/mol. The van der Waals surface area contributed by atoms with E-state index < -0.39 is 0 Å². The quantitative estimate of drug-likeness (QED) is 0.620. The molecular formula is C13H18BrNO3. The fourth-order valence-corrected chi connectivity index (χ4v) is 1.84. The molecule has 0 unspecified atom stereocenters. The number of carbonyl (C=O) groups excluding carboxylic acids is 1. The van der Waals surface area contributed by atoms with Crippen molar-refractivity contribution in [3.8, 4) is 5.75 Å². The third kappa shape index (κ3) is 5.06. The van der Waals surface area contributed by atoms with Crippen molar-refractivity contribution in [2.45, 2.75) is 26.3 Å². The molecule has 0 atom stereocenters. The molecule has 0 spiro atoms. The van der Waals surface area contributed by atoms with Gasteiger partial charge in [0.05, 0.1) is 11.1 Å². The van der Waals surface area contributed by atoms with Crippen LogP contribution in [0.3, 0.4) is 0 Å². The fraction of sp³-hybridized carbons (Fsp3) is 0.462. The van der Waals surface area contributed by atoms with E-state index in [9.17, 15) is 4.79 Å². The van der Waals surface area contributed by atoms with Crippen molar-refractivity contribution in [2.75, 3.05) is 13.2 Å². The van der Waals surface area contributed by atoms with Crippen LogP contribution in [0.15, 0.2) is 22.7 Å². The van der Waals surface area contributed by atoms with Crippen molar-refractivity contribution >= 4 is 21.9 Å². The Morgan fingerprint density at radius 1 is 1.44 bits per heavy atom. The summed E-state index contributed by atoms with van der Waals surface area (Å²) in [5, 5.41) is 0. The van der Waals surface area contributed by atoms with Crippen LogP contribution in [0.25, 0.3) is 0 Å². The summed E-state index contributed by atoms with van der Waals surface area (Å²) < 4.78 is 11.1. The predicted molar refractivity (Wildman–Crippen MR) is 73.4 cm³/mol. The van der Waals surface area contributed by atoms with Gasteiger partial charge in [-0.3, -0.25) is 0 Å². The van der Waals surface area contributed by atoms with Crippen LogP contribution in [0, 0.1) is 0 Å². The van der Waals surface area contributed by atoms with E-state index in [-0.39, 0.29) is 12.6 Å². The zero-order valence-corrected chi connectivity index (χ0v) is 12.0. The van der Waals surface area contributed by atoms with Crippen LogP contribution >= 0.6 is 15.9 Å². The standard InChI is InChI=1S/C13H18BrNO3/c1-2-3-6-17-13(16)9-18-12-5-4-10(8-15)7-11(12)14/h4-5,7H,2-3,6,8-9,15H2,1H3. The summed E-state index contributed by atoms with van der Waals surface area (Å²) in [7, 11) is 0. The smallest absolute Gasteiger partial charge is 0.344 e. The summed E-state index contributed by atoms with van der Waals surface area (Å²) in [6.45, 7) is 2.88. The summed E-state index contributed by atoms with van der Waals surface area (Å²) >= 11 is 3.37. The van der Waals surface area contributed by atoms with E-state index >= 15 is 0 Å². The highest BCUT2D eigenvalue weighted by Crippen LogP contribution is 2.25. The van der Waals surface area contributed by atoms with Gasteiger partial charge in [-0.05, 0) is 40.0 Å². The highest BCUT2D eigenvalue weighted by Gasteiger charge is 2.07. The van der Waals surface area contributed by atoms with Crippen molar-refractivity contribution in [1.29, 1.82) is 0 Å². The maximum Gasteiger partial charge on any atom is 0.344 e. The predicted octanol–water partition coefficient (Wildman–Crippen LogP) is 2.63. The lowest BCUT2D eigenvalue weighted by atomic mass is 10.2. The van der Waals surface area contributed by atoms with E-state index in [1.54, 1.807) is 6.07 Å². The lowest BCUT2D eigenvalue weighted by molar-refractivity contribution is -0.146. The summed E-state index contributed by atoms with van der Waals surface area (Å²) in [5.41, 5.74) is 6.52. The first-order valence-corrected chi connectivity index (χ1v) is 6.73. The molecule has 0 saturated carbocycles. The molecule has 0 aliphatic rings. The first-order valence-electron chi connectivity index (χ1n) is 5.94. The van der Waals surface area contributed by atoms with Crippen LogP contribution in [0.1, 0.15) is 25.3 Å². The van der Waals surface area contributed by atoms with E-state index in [1.807, 2.05) is 19.1 Å². The SMILES string of the molecule is CCCCOC(=O)COc1ccc(CN)cc1Br. The van der Waals surface area contributed by atoms with Crippen molar-refractivity contribution < 1.29 is 14.3 Å². The number of ether oxygens (including phenoxy) is 2. The molecule has 18 heavy (non-hydrogen) atoms. The molecule has 0 aromatic heterocycles. The molecule has 0 aliphatic carbocycles. The van der Waals surface area contributed by atoms with Gasteiger partial charge in [0.15, 0.2) is 6.61 Å². The third-order valence-electron chi connectivity index (χ3n) is 2.34. The van der Waals surface area contributed by atoms with Gasteiger partial charge >= 0.3 is 5.97 Å². The Morgan fingerprint density at radius 3 is 2.83 bits per heavy atom.